The van der Waals surface area contributed by atoms with Crippen molar-refractivity contribution in [1.82, 2.24) is 4.98 Å². The summed E-state index contributed by atoms with van der Waals surface area (Å²) in [5, 5.41) is 15.9. The van der Waals surface area contributed by atoms with Gasteiger partial charge < -0.3 is 5.32 Å². The Morgan fingerprint density at radius 3 is 2.80 bits per heavy atom. The number of nitrogens with one attached hydrogen (secondary N) is 1. The van der Waals surface area contributed by atoms with Crippen LogP contribution in [0.15, 0.2) is 42.6 Å². The van der Waals surface area contributed by atoms with Crippen molar-refractivity contribution in [2.45, 2.75) is 13.3 Å². The molecule has 0 spiro atoms. The van der Waals surface area contributed by atoms with Crippen molar-refractivity contribution in [3.63, 3.8) is 0 Å². The lowest BCUT2D eigenvalue weighted by Crippen LogP contribution is -2.03. The zero-order valence-corrected chi connectivity index (χ0v) is 11.4. The Morgan fingerprint density at radius 1 is 1.15 bits per heavy atom. The Bertz CT molecular complexity index is 815. The summed E-state index contributed by atoms with van der Waals surface area (Å²) < 4.78 is 0. The standard InChI is InChI=1S/C17H15N3/c1-2-9-19-16-13(10-18)11-20-17-14-6-4-3-5-12(14)7-8-15(16)17/h3-8,11H,2,9H2,1H3,(H,19,20). The van der Waals surface area contributed by atoms with E-state index in [9.17, 15) is 5.26 Å². The van der Waals surface area contributed by atoms with E-state index in [-0.39, 0.29) is 0 Å². The molecule has 0 unspecified atom stereocenters. The van der Waals surface area contributed by atoms with Gasteiger partial charge in [-0.1, -0.05) is 43.3 Å². The van der Waals surface area contributed by atoms with Crippen molar-refractivity contribution in [2.24, 2.45) is 0 Å². The van der Waals surface area contributed by atoms with Crippen LogP contribution in [0, 0.1) is 11.3 Å². The number of aromatic nitrogens is 1. The van der Waals surface area contributed by atoms with Crippen LogP contribution >= 0.6 is 0 Å². The highest BCUT2D eigenvalue weighted by Crippen LogP contribution is 2.30. The second-order valence-corrected chi connectivity index (χ2v) is 4.77. The number of hydrogen-bond donors (Lipinski definition) is 1. The first-order valence-corrected chi connectivity index (χ1v) is 6.79. The number of nitrogens with zero attached hydrogens (tertiary/aromatic N) is 2. The maximum absolute atomic E-state index is 9.26. The molecule has 0 atom stereocenters. The highest BCUT2D eigenvalue weighted by molar-refractivity contribution is 6.09. The summed E-state index contributed by atoms with van der Waals surface area (Å²) in [5.74, 6) is 0. The summed E-state index contributed by atoms with van der Waals surface area (Å²) in [5.41, 5.74) is 2.44. The van der Waals surface area contributed by atoms with Crippen LogP contribution in [-0.4, -0.2) is 11.5 Å². The molecule has 0 saturated heterocycles. The smallest absolute Gasteiger partial charge is 0.103 e. The van der Waals surface area contributed by atoms with Crippen LogP contribution in [0.5, 0.6) is 0 Å². The fourth-order valence-electron chi connectivity index (χ4n) is 2.46. The van der Waals surface area contributed by atoms with Crippen LogP contribution in [0.3, 0.4) is 0 Å². The highest BCUT2D eigenvalue weighted by Gasteiger charge is 2.10. The Kier molecular flexibility index (Phi) is 3.22. The Morgan fingerprint density at radius 2 is 2.00 bits per heavy atom. The number of fused-ring (bicyclic) bond motifs is 3. The van der Waals surface area contributed by atoms with Crippen molar-refractivity contribution in [3.8, 4) is 6.07 Å². The molecule has 0 bridgehead atoms. The van der Waals surface area contributed by atoms with E-state index in [1.165, 1.54) is 5.39 Å². The van der Waals surface area contributed by atoms with E-state index in [0.717, 1.165) is 34.9 Å². The molecule has 20 heavy (non-hydrogen) atoms. The van der Waals surface area contributed by atoms with Crippen molar-refractivity contribution < 1.29 is 0 Å². The van der Waals surface area contributed by atoms with Crippen LogP contribution in [-0.2, 0) is 0 Å². The van der Waals surface area contributed by atoms with Crippen LogP contribution < -0.4 is 5.32 Å². The molecule has 0 fully saturated rings. The van der Waals surface area contributed by atoms with Gasteiger partial charge in [0.25, 0.3) is 0 Å². The number of rotatable bonds is 3. The molecule has 0 aliphatic carbocycles. The summed E-state index contributed by atoms with van der Waals surface area (Å²) in [6, 6.07) is 14.5. The largest absolute Gasteiger partial charge is 0.383 e. The molecule has 0 radical (unpaired) electrons. The zero-order valence-electron chi connectivity index (χ0n) is 11.4. The van der Waals surface area contributed by atoms with Gasteiger partial charge in [0.15, 0.2) is 0 Å². The van der Waals surface area contributed by atoms with Crippen molar-refractivity contribution in [2.75, 3.05) is 11.9 Å². The maximum Gasteiger partial charge on any atom is 0.103 e. The summed E-state index contributed by atoms with van der Waals surface area (Å²) in [7, 11) is 0. The second-order valence-electron chi connectivity index (χ2n) is 4.77. The molecule has 0 saturated carbocycles. The van der Waals surface area contributed by atoms with Crippen LogP contribution in [0.1, 0.15) is 18.9 Å². The Labute approximate surface area is 117 Å². The summed E-state index contributed by atoms with van der Waals surface area (Å²) in [6.07, 6.45) is 2.68. The maximum atomic E-state index is 9.26. The van der Waals surface area contributed by atoms with Crippen molar-refractivity contribution in [1.29, 1.82) is 5.26 Å². The lowest BCUT2D eigenvalue weighted by Gasteiger charge is -2.11. The fourth-order valence-corrected chi connectivity index (χ4v) is 2.46. The van der Waals surface area contributed by atoms with Gasteiger partial charge in [0.1, 0.15) is 6.07 Å². The predicted octanol–water partition coefficient (Wildman–Crippen LogP) is 4.08. The minimum Gasteiger partial charge on any atom is -0.383 e. The second kappa shape index (κ2) is 5.18. The highest BCUT2D eigenvalue weighted by atomic mass is 14.9. The van der Waals surface area contributed by atoms with Gasteiger partial charge in [0, 0.05) is 23.5 Å². The third-order valence-electron chi connectivity index (χ3n) is 3.43. The SMILES string of the molecule is CCCNc1c(C#N)cnc2c1ccc1ccccc12. The molecule has 0 amide bonds. The zero-order chi connectivity index (χ0) is 13.9. The van der Waals surface area contributed by atoms with E-state index in [1.807, 2.05) is 18.2 Å². The summed E-state index contributed by atoms with van der Waals surface area (Å²) in [6.45, 7) is 2.96. The van der Waals surface area contributed by atoms with Gasteiger partial charge in [-0.3, -0.25) is 4.98 Å². The average molecular weight is 261 g/mol. The first kappa shape index (κ1) is 12.4. The summed E-state index contributed by atoms with van der Waals surface area (Å²) in [4.78, 5) is 4.49. The molecule has 3 heteroatoms. The third kappa shape index (κ3) is 1.96. The predicted molar refractivity (Wildman–Crippen MR) is 82.7 cm³/mol. The van der Waals surface area contributed by atoms with Gasteiger partial charge in [0.05, 0.1) is 16.8 Å². The van der Waals surface area contributed by atoms with E-state index in [0.29, 0.717) is 5.56 Å². The molecule has 2 aromatic carbocycles. The lowest BCUT2D eigenvalue weighted by molar-refractivity contribution is 0.980. The van der Waals surface area contributed by atoms with E-state index in [1.54, 1.807) is 6.20 Å². The number of hydrogen-bond acceptors (Lipinski definition) is 3. The average Bonchev–Trinajstić information content (AvgIpc) is 2.52. The van der Waals surface area contributed by atoms with Crippen LogP contribution in [0.2, 0.25) is 0 Å². The topological polar surface area (TPSA) is 48.7 Å². The molecule has 1 heterocycles. The molecule has 0 aliphatic rings. The molecule has 3 aromatic rings. The van der Waals surface area contributed by atoms with E-state index in [2.05, 4.69) is 41.5 Å². The van der Waals surface area contributed by atoms with Crippen molar-refractivity contribution >= 4 is 27.4 Å². The van der Waals surface area contributed by atoms with E-state index < -0.39 is 0 Å². The number of nitriles is 1. The number of pyridine rings is 1. The molecule has 3 nitrogen and oxygen atoms in total. The van der Waals surface area contributed by atoms with Gasteiger partial charge in [-0.2, -0.15) is 5.26 Å². The van der Waals surface area contributed by atoms with Gasteiger partial charge in [0.2, 0.25) is 0 Å². The molecular formula is C17H15N3. The quantitative estimate of drug-likeness (QED) is 0.723. The number of anilines is 1. The fraction of sp³-hybridized carbons (Fsp3) is 0.176. The minimum absolute atomic E-state index is 0.598. The first-order chi connectivity index (χ1) is 9.85. The molecule has 3 rings (SSSR count). The number of benzene rings is 2. The molecule has 1 aromatic heterocycles. The molecule has 0 aliphatic heterocycles. The van der Waals surface area contributed by atoms with Gasteiger partial charge in [-0.15, -0.1) is 0 Å². The summed E-state index contributed by atoms with van der Waals surface area (Å²) >= 11 is 0. The monoisotopic (exact) mass is 261 g/mol. The normalized spacial score (nSPS) is 10.6. The van der Waals surface area contributed by atoms with Crippen LogP contribution in [0.4, 0.5) is 5.69 Å². The van der Waals surface area contributed by atoms with E-state index in [4.69, 9.17) is 0 Å². The molecule has 98 valence electrons. The third-order valence-corrected chi connectivity index (χ3v) is 3.43. The molecule has 1 N–H and O–H groups in total. The lowest BCUT2D eigenvalue weighted by atomic mass is 10.0. The Balaban J connectivity index is 2.34. The molecular weight excluding hydrogens is 246 g/mol. The Hall–Kier alpha value is -2.60. The van der Waals surface area contributed by atoms with Gasteiger partial charge in [-0.25, -0.2) is 0 Å². The minimum atomic E-state index is 0.598. The van der Waals surface area contributed by atoms with Crippen molar-refractivity contribution in [3.05, 3.63) is 48.2 Å². The van der Waals surface area contributed by atoms with E-state index >= 15 is 0 Å². The van der Waals surface area contributed by atoms with Crippen LogP contribution in [0.25, 0.3) is 21.7 Å². The first-order valence-electron chi connectivity index (χ1n) is 6.79. The van der Waals surface area contributed by atoms with Gasteiger partial charge in [-0.05, 0) is 11.8 Å². The van der Waals surface area contributed by atoms with Gasteiger partial charge >= 0.3 is 0 Å².